The van der Waals surface area contributed by atoms with Crippen LogP contribution in [0.1, 0.15) is 20.3 Å². The van der Waals surface area contributed by atoms with Crippen molar-refractivity contribution in [1.29, 1.82) is 0 Å². The molecule has 21 heavy (non-hydrogen) atoms. The van der Waals surface area contributed by atoms with Crippen LogP contribution in [0, 0.1) is 0 Å². The number of hydrogen-bond acceptors (Lipinski definition) is 4. The van der Waals surface area contributed by atoms with Gasteiger partial charge in [0.05, 0.1) is 17.9 Å². The van der Waals surface area contributed by atoms with E-state index in [1.54, 1.807) is 9.58 Å². The molecule has 3 heterocycles. The van der Waals surface area contributed by atoms with E-state index in [0.717, 1.165) is 18.7 Å². The molecule has 0 N–H and O–H groups in total. The van der Waals surface area contributed by atoms with Gasteiger partial charge in [-0.1, -0.05) is 0 Å². The molecule has 7 nitrogen and oxygen atoms in total. The average Bonchev–Trinajstić information content (AvgIpc) is 3.09. The molecule has 1 unspecified atom stereocenters. The Bertz CT molecular complexity index is 567. The first-order chi connectivity index (χ1) is 9.97. The second kappa shape index (κ2) is 5.05. The molecule has 0 bridgehead atoms. The number of aryl methyl sites for hydroxylation is 1. The Morgan fingerprint density at radius 2 is 2.10 bits per heavy atom. The Balaban J connectivity index is 1.71. The molecule has 0 aliphatic carbocycles. The number of carbonyl (C=O) groups excluding carboxylic acids is 2. The van der Waals surface area contributed by atoms with E-state index < -0.39 is 0 Å². The summed E-state index contributed by atoms with van der Waals surface area (Å²) in [6, 6.07) is -0.121. The molecule has 7 heteroatoms. The summed E-state index contributed by atoms with van der Waals surface area (Å²) in [7, 11) is 1.88. The van der Waals surface area contributed by atoms with Gasteiger partial charge in [-0.2, -0.15) is 5.10 Å². The highest BCUT2D eigenvalue weighted by atomic mass is 16.2. The minimum atomic E-state index is -0.145. The molecule has 1 atom stereocenters. The predicted octanol–water partition coefficient (Wildman–Crippen LogP) is 0.671. The molecule has 114 valence electrons. The quantitative estimate of drug-likeness (QED) is 0.768. The smallest absolute Gasteiger partial charge is 0.327 e. The summed E-state index contributed by atoms with van der Waals surface area (Å²) < 4.78 is 1.76. The summed E-state index contributed by atoms with van der Waals surface area (Å²) in [6.45, 7) is 5.61. The summed E-state index contributed by atoms with van der Waals surface area (Å²) in [5, 5.41) is 4.17. The van der Waals surface area contributed by atoms with Gasteiger partial charge in [0.1, 0.15) is 6.54 Å². The Morgan fingerprint density at radius 1 is 1.33 bits per heavy atom. The number of anilines is 1. The van der Waals surface area contributed by atoms with E-state index in [0.29, 0.717) is 6.54 Å². The lowest BCUT2D eigenvalue weighted by atomic mass is 10.2. The fourth-order valence-electron chi connectivity index (χ4n) is 3.06. The number of imide groups is 1. The molecular weight excluding hydrogens is 270 g/mol. The van der Waals surface area contributed by atoms with Crippen molar-refractivity contribution in [2.75, 3.05) is 24.5 Å². The van der Waals surface area contributed by atoms with Gasteiger partial charge in [0.15, 0.2) is 0 Å². The van der Waals surface area contributed by atoms with E-state index >= 15 is 0 Å². The molecule has 0 radical (unpaired) electrons. The van der Waals surface area contributed by atoms with Gasteiger partial charge in [0.2, 0.25) is 0 Å². The van der Waals surface area contributed by atoms with Crippen molar-refractivity contribution in [1.82, 2.24) is 19.6 Å². The van der Waals surface area contributed by atoms with Crippen LogP contribution in [-0.2, 0) is 11.8 Å². The van der Waals surface area contributed by atoms with Crippen LogP contribution in [0.4, 0.5) is 10.5 Å². The SMILES string of the molecule is CC(C)N1CC(=O)N(C2CCN(c3cnn(C)c3)C2)C1=O. The zero-order valence-corrected chi connectivity index (χ0v) is 12.7. The van der Waals surface area contributed by atoms with Crippen LogP contribution in [0.5, 0.6) is 0 Å². The van der Waals surface area contributed by atoms with E-state index in [1.165, 1.54) is 4.90 Å². The van der Waals surface area contributed by atoms with Crippen LogP contribution in [0.25, 0.3) is 0 Å². The van der Waals surface area contributed by atoms with Crippen molar-refractivity contribution in [2.24, 2.45) is 7.05 Å². The normalized spacial score (nSPS) is 23.0. The maximum Gasteiger partial charge on any atom is 0.327 e. The van der Waals surface area contributed by atoms with Crippen LogP contribution >= 0.6 is 0 Å². The summed E-state index contributed by atoms with van der Waals surface area (Å²) in [6.07, 6.45) is 4.59. The lowest BCUT2D eigenvalue weighted by Crippen LogP contribution is -2.43. The number of aromatic nitrogens is 2. The lowest BCUT2D eigenvalue weighted by molar-refractivity contribution is -0.126. The van der Waals surface area contributed by atoms with Crippen LogP contribution in [-0.4, -0.2) is 63.2 Å². The number of carbonyl (C=O) groups is 2. The highest BCUT2D eigenvalue weighted by Crippen LogP contribution is 2.26. The molecule has 1 aromatic heterocycles. The van der Waals surface area contributed by atoms with E-state index in [-0.39, 0.29) is 30.6 Å². The van der Waals surface area contributed by atoms with E-state index in [2.05, 4.69) is 10.00 Å². The van der Waals surface area contributed by atoms with Gasteiger partial charge >= 0.3 is 6.03 Å². The van der Waals surface area contributed by atoms with Gasteiger partial charge in [-0.15, -0.1) is 0 Å². The Morgan fingerprint density at radius 3 is 2.67 bits per heavy atom. The van der Waals surface area contributed by atoms with Crippen LogP contribution in [0.2, 0.25) is 0 Å². The van der Waals surface area contributed by atoms with Crippen molar-refractivity contribution in [3.8, 4) is 0 Å². The number of rotatable bonds is 3. The summed E-state index contributed by atoms with van der Waals surface area (Å²) in [4.78, 5) is 29.8. The van der Waals surface area contributed by atoms with Crippen molar-refractivity contribution < 1.29 is 9.59 Å². The summed E-state index contributed by atoms with van der Waals surface area (Å²) >= 11 is 0. The van der Waals surface area contributed by atoms with Crippen LogP contribution < -0.4 is 4.90 Å². The van der Waals surface area contributed by atoms with Gasteiger partial charge in [0.25, 0.3) is 5.91 Å². The molecular formula is C14H21N5O2. The topological polar surface area (TPSA) is 61.7 Å². The molecule has 0 saturated carbocycles. The Hall–Kier alpha value is -2.05. The standard InChI is InChI=1S/C14H21N5O2/c1-10(2)18-9-13(20)19(14(18)21)11-4-5-17(8-11)12-6-15-16(3)7-12/h6-7,10-11H,4-5,8-9H2,1-3H3. The molecule has 3 rings (SSSR count). The molecule has 3 amide bonds. The third-order valence-corrected chi connectivity index (χ3v) is 4.23. The van der Waals surface area contributed by atoms with Gasteiger partial charge < -0.3 is 9.80 Å². The fraction of sp³-hybridized carbons (Fsp3) is 0.643. The number of amides is 3. The highest BCUT2D eigenvalue weighted by molar-refractivity contribution is 6.02. The average molecular weight is 291 g/mol. The maximum atomic E-state index is 12.4. The largest absolute Gasteiger partial charge is 0.367 e. The first-order valence-corrected chi connectivity index (χ1v) is 7.33. The molecule has 2 aliphatic heterocycles. The van der Waals surface area contributed by atoms with Gasteiger partial charge in [0, 0.05) is 32.4 Å². The lowest BCUT2D eigenvalue weighted by Gasteiger charge is -2.24. The molecule has 2 saturated heterocycles. The number of hydrogen-bond donors (Lipinski definition) is 0. The third-order valence-electron chi connectivity index (χ3n) is 4.23. The molecule has 1 aromatic rings. The first kappa shape index (κ1) is 13.9. The second-order valence-corrected chi connectivity index (χ2v) is 6.03. The Kier molecular flexibility index (Phi) is 3.35. The predicted molar refractivity (Wildman–Crippen MR) is 77.9 cm³/mol. The number of nitrogens with zero attached hydrogens (tertiary/aromatic N) is 5. The first-order valence-electron chi connectivity index (χ1n) is 7.33. The van der Waals surface area contributed by atoms with E-state index in [1.807, 2.05) is 33.3 Å². The van der Waals surface area contributed by atoms with E-state index in [9.17, 15) is 9.59 Å². The van der Waals surface area contributed by atoms with Gasteiger partial charge in [-0.3, -0.25) is 14.4 Å². The van der Waals surface area contributed by atoms with Crippen molar-refractivity contribution in [2.45, 2.75) is 32.4 Å². The van der Waals surface area contributed by atoms with Crippen molar-refractivity contribution in [3.05, 3.63) is 12.4 Å². The van der Waals surface area contributed by atoms with Crippen molar-refractivity contribution in [3.63, 3.8) is 0 Å². The minimum absolute atomic E-state index is 0.0334. The third kappa shape index (κ3) is 2.36. The van der Waals surface area contributed by atoms with E-state index in [4.69, 9.17) is 0 Å². The van der Waals surface area contributed by atoms with Gasteiger partial charge in [-0.05, 0) is 20.3 Å². The minimum Gasteiger partial charge on any atom is -0.367 e. The number of urea groups is 1. The van der Waals surface area contributed by atoms with Crippen LogP contribution in [0.3, 0.4) is 0 Å². The summed E-state index contributed by atoms with van der Waals surface area (Å²) in [5.74, 6) is -0.0771. The van der Waals surface area contributed by atoms with Crippen LogP contribution in [0.15, 0.2) is 12.4 Å². The monoisotopic (exact) mass is 291 g/mol. The zero-order valence-electron chi connectivity index (χ0n) is 12.7. The molecule has 0 aromatic carbocycles. The second-order valence-electron chi connectivity index (χ2n) is 6.03. The summed E-state index contributed by atoms with van der Waals surface area (Å²) in [5.41, 5.74) is 1.04. The fourth-order valence-corrected chi connectivity index (χ4v) is 3.06. The maximum absolute atomic E-state index is 12.4. The molecule has 2 aliphatic rings. The van der Waals surface area contributed by atoms with Crippen molar-refractivity contribution >= 4 is 17.6 Å². The highest BCUT2D eigenvalue weighted by Gasteiger charge is 2.43. The Labute approximate surface area is 124 Å². The molecule has 2 fully saturated rings. The van der Waals surface area contributed by atoms with Gasteiger partial charge in [-0.25, -0.2) is 4.79 Å². The molecule has 0 spiro atoms. The zero-order chi connectivity index (χ0) is 15.1.